The van der Waals surface area contributed by atoms with Gasteiger partial charge in [0.05, 0.1) is 11.4 Å². The Bertz CT molecular complexity index is 2250. The second-order valence-corrected chi connectivity index (χ2v) is 12.9. The zero-order valence-corrected chi connectivity index (χ0v) is 27.0. The number of nitrogens with one attached hydrogen (secondary N) is 1. The van der Waals surface area contributed by atoms with Gasteiger partial charge in [0.1, 0.15) is 0 Å². The summed E-state index contributed by atoms with van der Waals surface area (Å²) in [6.45, 7) is 2.44. The van der Waals surface area contributed by atoms with Crippen LogP contribution in [0.3, 0.4) is 0 Å². The van der Waals surface area contributed by atoms with Gasteiger partial charge in [-0.3, -0.25) is 10.3 Å². The lowest BCUT2D eigenvalue weighted by Crippen LogP contribution is -2.35. The van der Waals surface area contributed by atoms with Crippen LogP contribution in [0, 0.1) is 0 Å². The molecule has 7 aromatic rings. The van der Waals surface area contributed by atoms with Crippen molar-refractivity contribution in [2.45, 2.75) is 24.7 Å². The van der Waals surface area contributed by atoms with E-state index in [9.17, 15) is 5.21 Å². The van der Waals surface area contributed by atoms with Crippen LogP contribution in [0.25, 0.3) is 43.8 Å². The summed E-state index contributed by atoms with van der Waals surface area (Å²) in [6, 6.07) is 53.2. The van der Waals surface area contributed by atoms with E-state index in [1.165, 1.54) is 60.0 Å². The third-order valence-corrected chi connectivity index (χ3v) is 10.6. The summed E-state index contributed by atoms with van der Waals surface area (Å²) < 4.78 is 0. The van der Waals surface area contributed by atoms with Crippen molar-refractivity contribution >= 4 is 32.9 Å². The molecule has 230 valence electrons. The summed E-state index contributed by atoms with van der Waals surface area (Å²) in [4.78, 5) is 0. The number of hydroxylamine groups is 1. The van der Waals surface area contributed by atoms with Crippen LogP contribution in [0.2, 0.25) is 0 Å². The SMILES string of the molecule is CNc1ccc(-c2ccc(C(C)(c3ccccc3)C3Cc4c(c5ccccc5c5ccccc45)-c4ccccc43)cc2)cc1N(C)O. The van der Waals surface area contributed by atoms with Gasteiger partial charge < -0.3 is 5.32 Å². The molecule has 47 heavy (non-hydrogen) atoms. The van der Waals surface area contributed by atoms with Gasteiger partial charge in [0.2, 0.25) is 0 Å². The number of benzene rings is 7. The third-order valence-electron chi connectivity index (χ3n) is 10.6. The molecule has 7 aromatic carbocycles. The van der Waals surface area contributed by atoms with Gasteiger partial charge in [-0.2, -0.15) is 0 Å². The van der Waals surface area contributed by atoms with Crippen molar-refractivity contribution in [2.24, 2.45) is 0 Å². The topological polar surface area (TPSA) is 35.5 Å². The first-order valence-corrected chi connectivity index (χ1v) is 16.4. The first-order valence-electron chi connectivity index (χ1n) is 16.4. The van der Waals surface area contributed by atoms with Crippen LogP contribution in [0.5, 0.6) is 0 Å². The van der Waals surface area contributed by atoms with Gasteiger partial charge >= 0.3 is 0 Å². The molecule has 0 spiro atoms. The maximum absolute atomic E-state index is 10.3. The molecule has 0 saturated heterocycles. The molecule has 0 saturated carbocycles. The Morgan fingerprint density at radius 1 is 0.638 bits per heavy atom. The van der Waals surface area contributed by atoms with E-state index in [2.05, 4.69) is 146 Å². The highest BCUT2D eigenvalue weighted by Crippen LogP contribution is 2.54. The first-order chi connectivity index (χ1) is 23.0. The van der Waals surface area contributed by atoms with Crippen molar-refractivity contribution in [1.29, 1.82) is 0 Å². The Labute approximate surface area is 276 Å². The van der Waals surface area contributed by atoms with Crippen molar-refractivity contribution in [1.82, 2.24) is 0 Å². The van der Waals surface area contributed by atoms with Crippen LogP contribution < -0.4 is 10.4 Å². The van der Waals surface area contributed by atoms with Gasteiger partial charge in [-0.1, -0.05) is 140 Å². The van der Waals surface area contributed by atoms with Crippen LogP contribution in [0.15, 0.2) is 146 Å². The average Bonchev–Trinajstić information content (AvgIpc) is 3.14. The van der Waals surface area contributed by atoms with Crippen molar-refractivity contribution in [3.05, 3.63) is 168 Å². The lowest BCUT2D eigenvalue weighted by molar-refractivity contribution is 0.280. The third kappa shape index (κ3) is 4.61. The standard InChI is InChI=1S/C44H38N2O/c1-44(31-13-5-4-6-14-31,32-24-21-29(22-25-32)30-23-26-41(45-2)42(27-30)46(3)47)40-28-39-35-17-8-7-15-33(35)34-16-9-11-19-37(34)43(39)38-20-12-10-18-36(38)40/h4-27,40,45,47H,28H2,1-3H3. The van der Waals surface area contributed by atoms with E-state index in [1.807, 2.05) is 19.2 Å². The van der Waals surface area contributed by atoms with Gasteiger partial charge in [0.25, 0.3) is 0 Å². The zero-order chi connectivity index (χ0) is 32.1. The summed E-state index contributed by atoms with van der Waals surface area (Å²) in [5.41, 5.74) is 11.6. The van der Waals surface area contributed by atoms with E-state index in [4.69, 9.17) is 0 Å². The van der Waals surface area contributed by atoms with Crippen molar-refractivity contribution in [3.8, 4) is 22.3 Å². The lowest BCUT2D eigenvalue weighted by Gasteiger charge is -2.43. The highest BCUT2D eigenvalue weighted by Gasteiger charge is 2.42. The minimum absolute atomic E-state index is 0.202. The summed E-state index contributed by atoms with van der Waals surface area (Å²) in [5, 5.41) is 20.0. The smallest absolute Gasteiger partial charge is 0.0868 e. The molecular weight excluding hydrogens is 572 g/mol. The lowest BCUT2D eigenvalue weighted by atomic mass is 9.59. The van der Waals surface area contributed by atoms with Gasteiger partial charge in [-0.15, -0.1) is 0 Å². The van der Waals surface area contributed by atoms with Crippen molar-refractivity contribution in [2.75, 3.05) is 24.5 Å². The van der Waals surface area contributed by atoms with E-state index in [1.54, 1.807) is 7.05 Å². The molecule has 8 rings (SSSR count). The maximum atomic E-state index is 10.3. The Kier molecular flexibility index (Phi) is 7.08. The van der Waals surface area contributed by atoms with Gasteiger partial charge in [0, 0.05) is 25.4 Å². The molecule has 2 unspecified atom stereocenters. The van der Waals surface area contributed by atoms with Crippen LogP contribution in [-0.2, 0) is 11.8 Å². The van der Waals surface area contributed by atoms with Crippen LogP contribution >= 0.6 is 0 Å². The zero-order valence-electron chi connectivity index (χ0n) is 27.0. The Hall–Kier alpha value is -5.38. The highest BCUT2D eigenvalue weighted by atomic mass is 16.5. The second-order valence-electron chi connectivity index (χ2n) is 12.9. The average molecular weight is 611 g/mol. The largest absolute Gasteiger partial charge is 0.386 e. The molecule has 0 aliphatic heterocycles. The fraction of sp³-hybridized carbons (Fsp3) is 0.136. The van der Waals surface area contributed by atoms with E-state index in [0.29, 0.717) is 0 Å². The fourth-order valence-electron chi connectivity index (χ4n) is 8.14. The summed E-state index contributed by atoms with van der Waals surface area (Å²) >= 11 is 0. The number of rotatable bonds is 6. The maximum Gasteiger partial charge on any atom is 0.0868 e. The summed E-state index contributed by atoms with van der Waals surface area (Å²) in [6.07, 6.45) is 0.933. The first kappa shape index (κ1) is 29.1. The van der Waals surface area contributed by atoms with Crippen molar-refractivity contribution in [3.63, 3.8) is 0 Å². The summed E-state index contributed by atoms with van der Waals surface area (Å²) in [7, 11) is 3.52. The Morgan fingerprint density at radius 3 is 1.91 bits per heavy atom. The molecule has 0 radical (unpaired) electrons. The van der Waals surface area contributed by atoms with Crippen LogP contribution in [0.4, 0.5) is 11.4 Å². The molecule has 3 nitrogen and oxygen atoms in total. The molecule has 1 aliphatic carbocycles. The molecule has 0 bridgehead atoms. The minimum Gasteiger partial charge on any atom is -0.386 e. The molecule has 0 heterocycles. The van der Waals surface area contributed by atoms with Gasteiger partial charge in [0.15, 0.2) is 0 Å². The van der Waals surface area contributed by atoms with E-state index in [-0.39, 0.29) is 11.3 Å². The minimum atomic E-state index is -0.313. The molecule has 3 heteroatoms. The monoisotopic (exact) mass is 610 g/mol. The van der Waals surface area contributed by atoms with Gasteiger partial charge in [-0.05, 0) is 84.6 Å². The normalized spacial score (nSPS) is 15.1. The van der Waals surface area contributed by atoms with E-state index in [0.717, 1.165) is 28.9 Å². The molecule has 2 N–H and O–H groups in total. The molecule has 0 amide bonds. The molecule has 2 atom stereocenters. The van der Waals surface area contributed by atoms with E-state index >= 15 is 0 Å². The van der Waals surface area contributed by atoms with E-state index < -0.39 is 0 Å². The van der Waals surface area contributed by atoms with Gasteiger partial charge in [-0.25, -0.2) is 0 Å². The van der Waals surface area contributed by atoms with Crippen LogP contribution in [0.1, 0.15) is 35.1 Å². The van der Waals surface area contributed by atoms with Crippen LogP contribution in [-0.4, -0.2) is 19.3 Å². The number of hydrogen-bond donors (Lipinski definition) is 2. The Morgan fingerprint density at radius 2 is 1.21 bits per heavy atom. The number of hydrogen-bond acceptors (Lipinski definition) is 3. The summed E-state index contributed by atoms with van der Waals surface area (Å²) in [5.74, 6) is 0.202. The molecule has 0 aromatic heterocycles. The quantitative estimate of drug-likeness (QED) is 0.145. The highest BCUT2D eigenvalue weighted by molar-refractivity contribution is 6.16. The van der Waals surface area contributed by atoms with Crippen molar-refractivity contribution < 1.29 is 5.21 Å². The number of fused-ring (bicyclic) bond motifs is 8. The second kappa shape index (κ2) is 11.5. The molecule has 0 fully saturated rings. The predicted molar refractivity (Wildman–Crippen MR) is 198 cm³/mol. The fourth-order valence-corrected chi connectivity index (χ4v) is 8.14. The Balaban J connectivity index is 1.33. The predicted octanol–water partition coefficient (Wildman–Crippen LogP) is 10.8. The molecule has 1 aliphatic rings. The molecular formula is C44H38N2O. The number of anilines is 2. The number of nitrogens with zero attached hydrogens (tertiary/aromatic N) is 1.